The molecule has 2 N–H and O–H groups in total. The van der Waals surface area contributed by atoms with Gasteiger partial charge in [0, 0.05) is 19.3 Å². The summed E-state index contributed by atoms with van der Waals surface area (Å²) in [7, 11) is 0. The molecule has 0 saturated heterocycles. The average molecular weight is 293 g/mol. The van der Waals surface area contributed by atoms with Gasteiger partial charge in [-0.25, -0.2) is 4.79 Å². The number of unbranched alkanes of at least 4 members (excludes halogenated alkanes) is 1. The Morgan fingerprint density at radius 3 is 2.57 bits per heavy atom. The highest BCUT2D eigenvalue weighted by molar-refractivity contribution is 5.67. The Labute approximate surface area is 127 Å². The lowest BCUT2D eigenvalue weighted by Crippen LogP contribution is -2.33. The van der Waals surface area contributed by atoms with Crippen LogP contribution in [0, 0.1) is 6.92 Å². The lowest BCUT2D eigenvalue weighted by atomic mass is 10.2. The van der Waals surface area contributed by atoms with Gasteiger partial charge in [-0.2, -0.15) is 0 Å². The molecule has 0 bridgehead atoms. The second kappa shape index (κ2) is 8.62. The first-order chi connectivity index (χ1) is 9.87. The van der Waals surface area contributed by atoms with Crippen LogP contribution in [0.3, 0.4) is 0 Å². The maximum atomic E-state index is 11.4. The van der Waals surface area contributed by atoms with Crippen molar-refractivity contribution >= 4 is 6.09 Å². The number of pyridine rings is 1. The van der Waals surface area contributed by atoms with Crippen molar-refractivity contribution in [2.45, 2.75) is 52.7 Å². The number of carbonyl (C=O) groups is 1. The van der Waals surface area contributed by atoms with Gasteiger partial charge in [-0.1, -0.05) is 6.07 Å². The fourth-order valence-corrected chi connectivity index (χ4v) is 1.70. The molecule has 1 aromatic rings. The molecule has 0 aromatic carbocycles. The SMILES string of the molecule is Cc1ccc(CNCCCCNC(=O)OC(C)(C)C)nc1. The zero-order valence-electron chi connectivity index (χ0n) is 13.5. The van der Waals surface area contributed by atoms with Gasteiger partial charge in [-0.05, 0) is 58.7 Å². The molecule has 0 aliphatic rings. The Hall–Kier alpha value is -1.62. The van der Waals surface area contributed by atoms with E-state index < -0.39 is 5.60 Å². The molecule has 1 aromatic heterocycles. The van der Waals surface area contributed by atoms with Crippen LogP contribution >= 0.6 is 0 Å². The molecular weight excluding hydrogens is 266 g/mol. The molecule has 0 atom stereocenters. The van der Waals surface area contributed by atoms with E-state index in [9.17, 15) is 4.79 Å². The molecule has 5 heteroatoms. The van der Waals surface area contributed by atoms with E-state index in [1.165, 1.54) is 5.56 Å². The third-order valence-electron chi connectivity index (χ3n) is 2.73. The van der Waals surface area contributed by atoms with Crippen LogP contribution in [0.1, 0.15) is 44.9 Å². The van der Waals surface area contributed by atoms with Crippen molar-refractivity contribution in [2.24, 2.45) is 0 Å². The zero-order valence-corrected chi connectivity index (χ0v) is 13.5. The van der Waals surface area contributed by atoms with Crippen molar-refractivity contribution in [1.29, 1.82) is 0 Å². The van der Waals surface area contributed by atoms with Crippen molar-refractivity contribution in [3.8, 4) is 0 Å². The number of ether oxygens (including phenoxy) is 1. The molecule has 5 nitrogen and oxygen atoms in total. The topological polar surface area (TPSA) is 63.2 Å². The van der Waals surface area contributed by atoms with E-state index in [0.717, 1.165) is 31.6 Å². The molecule has 118 valence electrons. The van der Waals surface area contributed by atoms with E-state index in [1.807, 2.05) is 40.0 Å². The Bertz CT molecular complexity index is 424. The fraction of sp³-hybridized carbons (Fsp3) is 0.625. The number of amides is 1. The van der Waals surface area contributed by atoms with Gasteiger partial charge in [0.05, 0.1) is 5.69 Å². The number of alkyl carbamates (subject to hydrolysis) is 1. The van der Waals surface area contributed by atoms with Crippen LogP contribution in [0.25, 0.3) is 0 Å². The fourth-order valence-electron chi connectivity index (χ4n) is 1.70. The van der Waals surface area contributed by atoms with Crippen molar-refractivity contribution in [2.75, 3.05) is 13.1 Å². The summed E-state index contributed by atoms with van der Waals surface area (Å²) in [6, 6.07) is 4.10. The molecule has 21 heavy (non-hydrogen) atoms. The predicted molar refractivity (Wildman–Crippen MR) is 84.2 cm³/mol. The molecule has 1 rings (SSSR count). The predicted octanol–water partition coefficient (Wildman–Crippen LogP) is 2.78. The monoisotopic (exact) mass is 293 g/mol. The van der Waals surface area contributed by atoms with Gasteiger partial charge in [0.1, 0.15) is 5.60 Å². The molecule has 0 aliphatic carbocycles. The van der Waals surface area contributed by atoms with Crippen LogP contribution in [0.2, 0.25) is 0 Å². The summed E-state index contributed by atoms with van der Waals surface area (Å²) in [4.78, 5) is 15.7. The van der Waals surface area contributed by atoms with Crippen LogP contribution in [-0.2, 0) is 11.3 Å². The number of aryl methyl sites for hydroxylation is 1. The molecule has 0 spiro atoms. The highest BCUT2D eigenvalue weighted by atomic mass is 16.6. The molecular formula is C16H27N3O2. The molecule has 0 aliphatic heterocycles. The second-order valence-electron chi connectivity index (χ2n) is 6.14. The molecule has 0 unspecified atom stereocenters. The van der Waals surface area contributed by atoms with E-state index >= 15 is 0 Å². The number of aromatic nitrogens is 1. The third kappa shape index (κ3) is 9.02. The highest BCUT2D eigenvalue weighted by Crippen LogP contribution is 2.06. The Morgan fingerprint density at radius 1 is 1.24 bits per heavy atom. The summed E-state index contributed by atoms with van der Waals surface area (Å²) in [6.45, 7) is 9.92. The summed E-state index contributed by atoms with van der Waals surface area (Å²) in [5.74, 6) is 0. The van der Waals surface area contributed by atoms with Gasteiger partial charge in [0.25, 0.3) is 0 Å². The van der Waals surface area contributed by atoms with E-state index in [0.29, 0.717) is 6.54 Å². The smallest absolute Gasteiger partial charge is 0.407 e. The van der Waals surface area contributed by atoms with Crippen LogP contribution in [0.15, 0.2) is 18.3 Å². The normalized spacial score (nSPS) is 11.2. The lowest BCUT2D eigenvalue weighted by Gasteiger charge is -2.19. The summed E-state index contributed by atoms with van der Waals surface area (Å²) in [5.41, 5.74) is 1.78. The molecule has 0 fully saturated rings. The number of carbonyl (C=O) groups excluding carboxylic acids is 1. The number of hydrogen-bond donors (Lipinski definition) is 2. The van der Waals surface area contributed by atoms with Crippen molar-refractivity contribution < 1.29 is 9.53 Å². The maximum absolute atomic E-state index is 11.4. The minimum atomic E-state index is -0.438. The summed E-state index contributed by atoms with van der Waals surface area (Å²) in [5, 5.41) is 6.09. The van der Waals surface area contributed by atoms with Gasteiger partial charge in [0.15, 0.2) is 0 Å². The summed E-state index contributed by atoms with van der Waals surface area (Å²) < 4.78 is 5.16. The minimum Gasteiger partial charge on any atom is -0.444 e. The third-order valence-corrected chi connectivity index (χ3v) is 2.73. The van der Waals surface area contributed by atoms with Crippen molar-refractivity contribution in [3.05, 3.63) is 29.6 Å². The van der Waals surface area contributed by atoms with E-state index in [2.05, 4.69) is 21.7 Å². The number of nitrogens with one attached hydrogen (secondary N) is 2. The largest absolute Gasteiger partial charge is 0.444 e. The van der Waals surface area contributed by atoms with Crippen LogP contribution in [0.5, 0.6) is 0 Å². The van der Waals surface area contributed by atoms with Crippen LogP contribution in [0.4, 0.5) is 4.79 Å². The Balaban J connectivity index is 2.00. The molecule has 0 radical (unpaired) electrons. The second-order valence-corrected chi connectivity index (χ2v) is 6.14. The first-order valence-electron chi connectivity index (χ1n) is 7.46. The highest BCUT2D eigenvalue weighted by Gasteiger charge is 2.15. The van der Waals surface area contributed by atoms with Gasteiger partial charge in [-0.15, -0.1) is 0 Å². The number of rotatable bonds is 7. The van der Waals surface area contributed by atoms with E-state index in [1.54, 1.807) is 0 Å². The minimum absolute atomic E-state index is 0.348. The maximum Gasteiger partial charge on any atom is 0.407 e. The van der Waals surface area contributed by atoms with Gasteiger partial charge in [0.2, 0.25) is 0 Å². The van der Waals surface area contributed by atoms with Crippen LogP contribution in [-0.4, -0.2) is 29.8 Å². The summed E-state index contributed by atoms with van der Waals surface area (Å²) >= 11 is 0. The average Bonchev–Trinajstić information content (AvgIpc) is 2.37. The molecule has 1 amide bonds. The van der Waals surface area contributed by atoms with Gasteiger partial charge < -0.3 is 15.4 Å². The van der Waals surface area contributed by atoms with Crippen molar-refractivity contribution in [1.82, 2.24) is 15.6 Å². The van der Waals surface area contributed by atoms with Gasteiger partial charge in [-0.3, -0.25) is 4.98 Å². The quantitative estimate of drug-likeness (QED) is 0.759. The number of hydrogen-bond acceptors (Lipinski definition) is 4. The first kappa shape index (κ1) is 17.4. The van der Waals surface area contributed by atoms with Gasteiger partial charge >= 0.3 is 6.09 Å². The number of nitrogens with zero attached hydrogens (tertiary/aromatic N) is 1. The molecule has 0 saturated carbocycles. The van der Waals surface area contributed by atoms with Crippen molar-refractivity contribution in [3.63, 3.8) is 0 Å². The van der Waals surface area contributed by atoms with E-state index in [-0.39, 0.29) is 6.09 Å². The Morgan fingerprint density at radius 2 is 1.95 bits per heavy atom. The van der Waals surface area contributed by atoms with Crippen LogP contribution < -0.4 is 10.6 Å². The molecule has 1 heterocycles. The first-order valence-corrected chi connectivity index (χ1v) is 7.46. The zero-order chi connectivity index (χ0) is 15.7. The standard InChI is InChI=1S/C16H27N3O2/c1-13-7-8-14(19-11-13)12-17-9-5-6-10-18-15(20)21-16(2,3)4/h7-8,11,17H,5-6,9-10,12H2,1-4H3,(H,18,20). The van der Waals surface area contributed by atoms with E-state index in [4.69, 9.17) is 4.74 Å². The lowest BCUT2D eigenvalue weighted by molar-refractivity contribution is 0.0527. The summed E-state index contributed by atoms with van der Waals surface area (Å²) in [6.07, 6.45) is 3.45. The Kier molecular flexibility index (Phi) is 7.15.